The molecule has 1 aliphatic heterocycles. The number of nitrogens with one attached hydrogen (secondary N) is 1. The molecule has 0 bridgehead atoms. The fraction of sp³-hybridized carbons (Fsp3) is 0.231. The molecule has 2 heterocycles. The van der Waals surface area contributed by atoms with Gasteiger partial charge in [0.05, 0.1) is 5.92 Å². The van der Waals surface area contributed by atoms with Crippen LogP contribution in [-0.4, -0.2) is 23.3 Å². The average Bonchev–Trinajstić information content (AvgIpc) is 3.19. The van der Waals surface area contributed by atoms with Gasteiger partial charge in [-0.2, -0.15) is 5.26 Å². The number of carbonyl (C=O) groups excluding carboxylic acids is 2. The molecular weight excluding hydrogens is 416 g/mol. The van der Waals surface area contributed by atoms with Crippen molar-refractivity contribution in [2.75, 3.05) is 16.8 Å². The Bertz CT molecular complexity index is 1280. The Balaban J connectivity index is 1.45. The van der Waals surface area contributed by atoms with E-state index in [1.54, 1.807) is 41.4 Å². The van der Waals surface area contributed by atoms with Crippen molar-refractivity contribution in [1.82, 2.24) is 4.98 Å². The third-order valence-corrected chi connectivity index (χ3v) is 5.92. The van der Waals surface area contributed by atoms with Gasteiger partial charge in [-0.15, -0.1) is 0 Å². The molecule has 3 aromatic rings. The second-order valence-electron chi connectivity index (χ2n) is 8.16. The standard InChI is InChI=1S/C26H24N4O3/c1-16-6-4-8-23(18(16)3)30-15-20(13-24(30)31)25(32)29-22-10-9-21(12-17(22)2)33-26-19(14-27)7-5-11-28-26/h4-12,20H,13,15H2,1-3H3,(H,29,32). The summed E-state index contributed by atoms with van der Waals surface area (Å²) in [7, 11) is 0. The number of nitriles is 1. The van der Waals surface area contributed by atoms with E-state index < -0.39 is 5.92 Å². The number of aromatic nitrogens is 1. The Hall–Kier alpha value is -4.18. The normalized spacial score (nSPS) is 15.3. The van der Waals surface area contributed by atoms with Crippen LogP contribution in [0.1, 0.15) is 28.7 Å². The van der Waals surface area contributed by atoms with Crippen LogP contribution in [0.15, 0.2) is 54.7 Å². The lowest BCUT2D eigenvalue weighted by Crippen LogP contribution is -2.28. The first-order valence-corrected chi connectivity index (χ1v) is 10.7. The average molecular weight is 441 g/mol. The lowest BCUT2D eigenvalue weighted by molar-refractivity contribution is -0.122. The Morgan fingerprint density at radius 2 is 1.97 bits per heavy atom. The van der Waals surface area contributed by atoms with Crippen LogP contribution < -0.4 is 15.0 Å². The molecule has 0 saturated carbocycles. The quantitative estimate of drug-likeness (QED) is 0.622. The van der Waals surface area contributed by atoms with E-state index in [0.717, 1.165) is 22.4 Å². The number of hydrogen-bond acceptors (Lipinski definition) is 5. The Morgan fingerprint density at radius 3 is 2.73 bits per heavy atom. The number of nitrogens with zero attached hydrogens (tertiary/aromatic N) is 3. The van der Waals surface area contributed by atoms with Gasteiger partial charge in [0.25, 0.3) is 0 Å². The molecule has 1 unspecified atom stereocenters. The molecular formula is C26H24N4O3. The zero-order valence-electron chi connectivity index (χ0n) is 18.8. The highest BCUT2D eigenvalue weighted by atomic mass is 16.5. The van der Waals surface area contributed by atoms with Gasteiger partial charge < -0.3 is 15.0 Å². The van der Waals surface area contributed by atoms with E-state index in [1.165, 1.54) is 0 Å². The summed E-state index contributed by atoms with van der Waals surface area (Å²) in [5.74, 6) is 0.0712. The molecule has 33 heavy (non-hydrogen) atoms. The maximum atomic E-state index is 12.9. The summed E-state index contributed by atoms with van der Waals surface area (Å²) in [4.78, 5) is 31.4. The number of ether oxygens (including phenoxy) is 1. The van der Waals surface area contributed by atoms with Crippen LogP contribution in [0.4, 0.5) is 11.4 Å². The van der Waals surface area contributed by atoms with Crippen molar-refractivity contribution in [3.8, 4) is 17.7 Å². The summed E-state index contributed by atoms with van der Waals surface area (Å²) in [6.07, 6.45) is 1.73. The van der Waals surface area contributed by atoms with Gasteiger partial charge in [0, 0.05) is 30.5 Å². The fourth-order valence-corrected chi connectivity index (χ4v) is 3.89. The van der Waals surface area contributed by atoms with Gasteiger partial charge in [-0.1, -0.05) is 12.1 Å². The molecule has 2 amide bonds. The summed E-state index contributed by atoms with van der Waals surface area (Å²) in [6, 6.07) is 16.4. The van der Waals surface area contributed by atoms with Crippen LogP contribution >= 0.6 is 0 Å². The Kier molecular flexibility index (Phi) is 6.09. The van der Waals surface area contributed by atoms with Crippen molar-refractivity contribution in [3.63, 3.8) is 0 Å². The molecule has 7 nitrogen and oxygen atoms in total. The van der Waals surface area contributed by atoms with Crippen LogP contribution in [0.3, 0.4) is 0 Å². The number of hydrogen-bond donors (Lipinski definition) is 1. The van der Waals surface area contributed by atoms with Gasteiger partial charge in [-0.05, 0) is 73.9 Å². The van der Waals surface area contributed by atoms with E-state index in [2.05, 4.69) is 10.3 Å². The van der Waals surface area contributed by atoms with Crippen molar-refractivity contribution in [2.45, 2.75) is 27.2 Å². The molecule has 0 spiro atoms. The van der Waals surface area contributed by atoms with E-state index in [4.69, 9.17) is 4.74 Å². The minimum atomic E-state index is -0.431. The minimum Gasteiger partial charge on any atom is -0.438 e. The fourth-order valence-electron chi connectivity index (χ4n) is 3.89. The monoisotopic (exact) mass is 440 g/mol. The number of rotatable bonds is 5. The summed E-state index contributed by atoms with van der Waals surface area (Å²) in [5.41, 5.74) is 4.80. The van der Waals surface area contributed by atoms with Crippen molar-refractivity contribution in [3.05, 3.63) is 77.0 Å². The van der Waals surface area contributed by atoms with Gasteiger partial charge in [-0.3, -0.25) is 9.59 Å². The first-order valence-electron chi connectivity index (χ1n) is 10.7. The molecule has 1 aliphatic rings. The highest BCUT2D eigenvalue weighted by Crippen LogP contribution is 2.31. The van der Waals surface area contributed by atoms with Crippen molar-refractivity contribution in [2.24, 2.45) is 5.92 Å². The third kappa shape index (κ3) is 4.55. The van der Waals surface area contributed by atoms with E-state index >= 15 is 0 Å². The zero-order valence-corrected chi connectivity index (χ0v) is 18.8. The largest absolute Gasteiger partial charge is 0.438 e. The third-order valence-electron chi connectivity index (χ3n) is 5.92. The van der Waals surface area contributed by atoms with E-state index in [1.807, 2.05) is 45.0 Å². The summed E-state index contributed by atoms with van der Waals surface area (Å²) in [6.45, 7) is 6.21. The molecule has 1 saturated heterocycles. The maximum absolute atomic E-state index is 12.9. The number of pyridine rings is 1. The number of anilines is 2. The zero-order chi connectivity index (χ0) is 23.5. The van der Waals surface area contributed by atoms with E-state index in [-0.39, 0.29) is 24.1 Å². The highest BCUT2D eigenvalue weighted by molar-refractivity contribution is 6.04. The van der Waals surface area contributed by atoms with E-state index in [9.17, 15) is 14.9 Å². The lowest BCUT2D eigenvalue weighted by Gasteiger charge is -2.20. The molecule has 166 valence electrons. The second kappa shape index (κ2) is 9.13. The molecule has 7 heteroatoms. The highest BCUT2D eigenvalue weighted by Gasteiger charge is 2.36. The van der Waals surface area contributed by atoms with Crippen LogP contribution in [0.25, 0.3) is 0 Å². The van der Waals surface area contributed by atoms with E-state index in [0.29, 0.717) is 23.5 Å². The molecule has 1 fully saturated rings. The van der Waals surface area contributed by atoms with Gasteiger partial charge in [0.2, 0.25) is 17.7 Å². The molecule has 1 N–H and O–H groups in total. The SMILES string of the molecule is Cc1cc(Oc2ncccc2C#N)ccc1NC(=O)C1CC(=O)N(c2cccc(C)c2C)C1. The molecule has 1 aromatic heterocycles. The first-order chi connectivity index (χ1) is 15.9. The summed E-state index contributed by atoms with van der Waals surface area (Å²) < 4.78 is 5.74. The number of benzene rings is 2. The van der Waals surface area contributed by atoms with Crippen LogP contribution in [0.2, 0.25) is 0 Å². The molecule has 1 atom stereocenters. The minimum absolute atomic E-state index is 0.0482. The van der Waals surface area contributed by atoms with Gasteiger partial charge in [-0.25, -0.2) is 4.98 Å². The van der Waals surface area contributed by atoms with Crippen molar-refractivity contribution in [1.29, 1.82) is 5.26 Å². The smallest absolute Gasteiger partial charge is 0.237 e. The number of aryl methyl sites for hydroxylation is 2. The molecule has 2 aromatic carbocycles. The Labute approximate surface area is 192 Å². The molecule has 0 radical (unpaired) electrons. The summed E-state index contributed by atoms with van der Waals surface area (Å²) >= 11 is 0. The number of carbonyl (C=O) groups is 2. The predicted molar refractivity (Wildman–Crippen MR) is 125 cm³/mol. The van der Waals surface area contributed by atoms with Crippen LogP contribution in [-0.2, 0) is 9.59 Å². The lowest BCUT2D eigenvalue weighted by atomic mass is 10.1. The van der Waals surface area contributed by atoms with Gasteiger partial charge in [0.15, 0.2) is 0 Å². The second-order valence-corrected chi connectivity index (χ2v) is 8.16. The number of amides is 2. The Morgan fingerprint density at radius 1 is 1.15 bits per heavy atom. The predicted octanol–water partition coefficient (Wildman–Crippen LogP) is 4.66. The maximum Gasteiger partial charge on any atom is 0.237 e. The topological polar surface area (TPSA) is 95.3 Å². The molecule has 0 aliphatic carbocycles. The van der Waals surface area contributed by atoms with Gasteiger partial charge in [0.1, 0.15) is 17.4 Å². The first kappa shape index (κ1) is 22.0. The summed E-state index contributed by atoms with van der Waals surface area (Å²) in [5, 5.41) is 12.1. The van der Waals surface area contributed by atoms with Crippen molar-refractivity contribution < 1.29 is 14.3 Å². The van der Waals surface area contributed by atoms with Crippen LogP contribution in [0.5, 0.6) is 11.6 Å². The molecule has 4 rings (SSSR count). The van der Waals surface area contributed by atoms with Gasteiger partial charge >= 0.3 is 0 Å². The van der Waals surface area contributed by atoms with Crippen molar-refractivity contribution >= 4 is 23.2 Å². The van der Waals surface area contributed by atoms with Crippen LogP contribution in [0, 0.1) is 38.0 Å².